The lowest BCUT2D eigenvalue weighted by Crippen LogP contribution is -2.56. The highest BCUT2D eigenvalue weighted by Gasteiger charge is 2.53. The average molecular weight is 436 g/mol. The Bertz CT molecular complexity index is 1030. The Morgan fingerprint density at radius 3 is 2.44 bits per heavy atom. The summed E-state index contributed by atoms with van der Waals surface area (Å²) < 4.78 is 11.0. The van der Waals surface area contributed by atoms with Crippen molar-refractivity contribution in [3.8, 4) is 0 Å². The van der Waals surface area contributed by atoms with Gasteiger partial charge in [-0.3, -0.25) is 9.59 Å². The van der Waals surface area contributed by atoms with Crippen molar-refractivity contribution >= 4 is 22.8 Å². The van der Waals surface area contributed by atoms with Gasteiger partial charge in [0.1, 0.15) is 5.58 Å². The number of amides is 1. The van der Waals surface area contributed by atoms with E-state index in [9.17, 15) is 9.59 Å². The molecule has 0 aliphatic heterocycles. The number of furan rings is 1. The van der Waals surface area contributed by atoms with Crippen LogP contribution >= 0.6 is 0 Å². The van der Waals surface area contributed by atoms with Gasteiger partial charge in [-0.2, -0.15) is 0 Å². The maximum atomic E-state index is 12.6. The van der Waals surface area contributed by atoms with E-state index in [1.807, 2.05) is 0 Å². The van der Waals surface area contributed by atoms with Crippen LogP contribution in [0, 0.1) is 23.2 Å². The second-order valence-electron chi connectivity index (χ2n) is 11.1. The maximum absolute atomic E-state index is 12.6. The third-order valence-electron chi connectivity index (χ3n) is 8.95. The Morgan fingerprint density at radius 2 is 1.75 bits per heavy atom. The molecule has 1 atom stereocenters. The zero-order chi connectivity index (χ0) is 21.9. The first-order valence-corrected chi connectivity index (χ1v) is 12.4. The molecule has 2 aromatic rings. The van der Waals surface area contributed by atoms with Gasteiger partial charge in [-0.1, -0.05) is 0 Å². The van der Waals surface area contributed by atoms with Crippen LogP contribution in [0.1, 0.15) is 68.6 Å². The third-order valence-corrected chi connectivity index (χ3v) is 8.95. The highest BCUT2D eigenvalue weighted by atomic mass is 16.5. The van der Waals surface area contributed by atoms with Gasteiger partial charge in [0.15, 0.2) is 6.61 Å². The molecule has 1 N–H and O–H groups in total. The summed E-state index contributed by atoms with van der Waals surface area (Å²) in [5, 5.41) is 4.16. The quantitative estimate of drug-likeness (QED) is 0.666. The van der Waals surface area contributed by atoms with Crippen LogP contribution in [0.5, 0.6) is 0 Å². The predicted molar refractivity (Wildman–Crippen MR) is 121 cm³/mol. The largest absolute Gasteiger partial charge is 0.464 e. The molecule has 1 aromatic carbocycles. The van der Waals surface area contributed by atoms with Gasteiger partial charge in [-0.15, -0.1) is 0 Å². The fourth-order valence-corrected chi connectivity index (χ4v) is 7.78. The van der Waals surface area contributed by atoms with Crippen LogP contribution in [0.2, 0.25) is 0 Å². The number of esters is 1. The van der Waals surface area contributed by atoms with E-state index < -0.39 is 0 Å². The zero-order valence-corrected chi connectivity index (χ0v) is 19.0. The highest BCUT2D eigenvalue weighted by Crippen LogP contribution is 2.61. The zero-order valence-electron chi connectivity index (χ0n) is 19.0. The minimum absolute atomic E-state index is 0.129. The summed E-state index contributed by atoms with van der Waals surface area (Å²) >= 11 is 0. The van der Waals surface area contributed by atoms with Crippen molar-refractivity contribution < 1.29 is 18.7 Å². The molecular formula is C27H33NO4. The fourth-order valence-electron chi connectivity index (χ4n) is 7.78. The smallest absolute Gasteiger partial charge is 0.310 e. The van der Waals surface area contributed by atoms with Crippen LogP contribution in [-0.2, 0) is 33.6 Å². The van der Waals surface area contributed by atoms with Crippen LogP contribution in [0.3, 0.4) is 0 Å². The third kappa shape index (κ3) is 3.54. The number of aryl methyl sites for hydroxylation is 2. The molecule has 0 radical (unpaired) electrons. The molecule has 32 heavy (non-hydrogen) atoms. The summed E-state index contributed by atoms with van der Waals surface area (Å²) in [7, 11) is 0. The van der Waals surface area contributed by atoms with E-state index in [-0.39, 0.29) is 36.4 Å². The first-order valence-electron chi connectivity index (χ1n) is 12.4. The lowest BCUT2D eigenvalue weighted by atomic mass is 9.48. The number of hydrogen-bond donors (Lipinski definition) is 1. The molecule has 1 amide bonds. The minimum atomic E-state index is -0.384. The Balaban J connectivity index is 1.04. The Labute approximate surface area is 189 Å². The Hall–Kier alpha value is -2.30. The summed E-state index contributed by atoms with van der Waals surface area (Å²) in [6.45, 7) is 1.95. The number of rotatable bonds is 6. The standard InChI is InChI=1S/C27H33NO4/c1-16(27-11-17-5-18(12-27)7-19(6-17)13-27)28-25(29)15-32-26(30)10-22-14-31-24-9-21-4-2-3-20(21)8-23(22)24/h8-9,14,16-19H,2-7,10-13,15H2,1H3,(H,28,29). The summed E-state index contributed by atoms with van der Waals surface area (Å²) in [4.78, 5) is 25.0. The molecule has 4 bridgehead atoms. The van der Waals surface area contributed by atoms with Crippen molar-refractivity contribution in [1.82, 2.24) is 5.32 Å². The Morgan fingerprint density at radius 1 is 1.09 bits per heavy atom. The van der Waals surface area contributed by atoms with E-state index in [2.05, 4.69) is 24.4 Å². The maximum Gasteiger partial charge on any atom is 0.310 e. The van der Waals surface area contributed by atoms with E-state index >= 15 is 0 Å². The van der Waals surface area contributed by atoms with Crippen molar-refractivity contribution in [2.75, 3.05) is 6.61 Å². The van der Waals surface area contributed by atoms with Crippen molar-refractivity contribution in [2.45, 2.75) is 77.2 Å². The number of hydrogen-bond acceptors (Lipinski definition) is 4. The van der Waals surface area contributed by atoms with Crippen molar-refractivity contribution in [1.29, 1.82) is 0 Å². The molecule has 1 aromatic heterocycles. The molecule has 1 heterocycles. The monoisotopic (exact) mass is 435 g/mol. The van der Waals surface area contributed by atoms with Crippen LogP contribution in [0.4, 0.5) is 0 Å². The molecule has 0 saturated heterocycles. The lowest BCUT2D eigenvalue weighted by molar-refractivity contribution is -0.148. The van der Waals surface area contributed by atoms with Gasteiger partial charge in [-0.25, -0.2) is 0 Å². The van der Waals surface area contributed by atoms with Gasteiger partial charge in [0.05, 0.1) is 12.7 Å². The summed E-state index contributed by atoms with van der Waals surface area (Å²) in [5.41, 5.74) is 4.62. The summed E-state index contributed by atoms with van der Waals surface area (Å²) in [6.07, 6.45) is 13.1. The number of carbonyl (C=O) groups is 2. The van der Waals surface area contributed by atoms with Crippen LogP contribution in [-0.4, -0.2) is 24.5 Å². The summed E-state index contributed by atoms with van der Waals surface area (Å²) in [5.74, 6) is 1.99. The van der Waals surface area contributed by atoms with E-state index in [1.165, 1.54) is 56.1 Å². The molecule has 4 saturated carbocycles. The molecule has 1 unspecified atom stereocenters. The van der Waals surface area contributed by atoms with Gasteiger partial charge in [0.2, 0.25) is 0 Å². The lowest BCUT2D eigenvalue weighted by Gasteiger charge is -2.59. The minimum Gasteiger partial charge on any atom is -0.464 e. The first kappa shape index (κ1) is 20.3. The highest BCUT2D eigenvalue weighted by molar-refractivity contribution is 5.88. The molecular weight excluding hydrogens is 402 g/mol. The second kappa shape index (κ2) is 7.64. The predicted octanol–water partition coefficient (Wildman–Crippen LogP) is 4.73. The molecule has 5 aliphatic carbocycles. The van der Waals surface area contributed by atoms with Crippen LogP contribution in [0.15, 0.2) is 22.8 Å². The Kier molecular flexibility index (Phi) is 4.85. The first-order chi connectivity index (χ1) is 15.5. The molecule has 5 heteroatoms. The van der Waals surface area contributed by atoms with Gasteiger partial charge < -0.3 is 14.5 Å². The van der Waals surface area contributed by atoms with E-state index in [0.717, 1.165) is 47.1 Å². The van der Waals surface area contributed by atoms with E-state index in [0.29, 0.717) is 0 Å². The molecule has 7 rings (SSSR count). The normalized spacial score (nSPS) is 31.0. The molecule has 5 aliphatic rings. The average Bonchev–Trinajstić information content (AvgIpc) is 3.36. The van der Waals surface area contributed by atoms with Gasteiger partial charge in [0.25, 0.3) is 5.91 Å². The fraction of sp³-hybridized carbons (Fsp3) is 0.630. The SMILES string of the molecule is CC(NC(=O)COC(=O)Cc1coc2cc3c(cc12)CCC3)C12CC3CC(CC(C3)C1)C2. The molecule has 0 spiro atoms. The number of nitrogens with one attached hydrogen (secondary N) is 1. The van der Waals surface area contributed by atoms with Gasteiger partial charge in [-0.05, 0) is 111 Å². The number of carbonyl (C=O) groups excluding carboxylic acids is 2. The second-order valence-corrected chi connectivity index (χ2v) is 11.1. The topological polar surface area (TPSA) is 68.5 Å². The van der Waals surface area contributed by atoms with Crippen molar-refractivity contribution in [3.05, 3.63) is 35.1 Å². The number of ether oxygens (including phenoxy) is 1. The summed E-state index contributed by atoms with van der Waals surface area (Å²) in [6, 6.07) is 4.40. The number of fused-ring (bicyclic) bond motifs is 2. The molecule has 5 nitrogen and oxygen atoms in total. The van der Waals surface area contributed by atoms with E-state index in [4.69, 9.17) is 9.15 Å². The van der Waals surface area contributed by atoms with Crippen molar-refractivity contribution in [2.24, 2.45) is 23.2 Å². The van der Waals surface area contributed by atoms with Gasteiger partial charge in [0, 0.05) is 17.0 Å². The van der Waals surface area contributed by atoms with E-state index in [1.54, 1.807) is 6.26 Å². The van der Waals surface area contributed by atoms with Crippen molar-refractivity contribution in [3.63, 3.8) is 0 Å². The molecule has 170 valence electrons. The van der Waals surface area contributed by atoms with Crippen LogP contribution < -0.4 is 5.32 Å². The van der Waals surface area contributed by atoms with Crippen LogP contribution in [0.25, 0.3) is 11.0 Å². The molecule has 4 fully saturated rings. The number of benzene rings is 1. The van der Waals surface area contributed by atoms with Gasteiger partial charge >= 0.3 is 5.97 Å².